The zero-order valence-electron chi connectivity index (χ0n) is 11.6. The molecule has 0 aliphatic heterocycles. The molecule has 1 aromatic rings. The maximum Gasteiger partial charge on any atom is 0.360 e. The molecule has 0 aliphatic carbocycles. The highest BCUT2D eigenvalue weighted by Gasteiger charge is 2.31. The van der Waals surface area contributed by atoms with Crippen molar-refractivity contribution in [1.82, 2.24) is 15.0 Å². The molecule has 0 saturated heterocycles. The summed E-state index contributed by atoms with van der Waals surface area (Å²) in [5.74, 6) is -0.473. The second kappa shape index (κ2) is 5.48. The molecule has 6 heteroatoms. The van der Waals surface area contributed by atoms with Crippen LogP contribution in [0.3, 0.4) is 0 Å². The van der Waals surface area contributed by atoms with Gasteiger partial charge in [0.2, 0.25) is 0 Å². The Balaban J connectivity index is 3.29. The average Bonchev–Trinajstić information content (AvgIpc) is 2.72. The Bertz CT molecular complexity index is 421. The molecule has 0 saturated carbocycles. The minimum absolute atomic E-state index is 0.0608. The Morgan fingerprint density at radius 1 is 1.50 bits per heavy atom. The van der Waals surface area contributed by atoms with Crippen LogP contribution in [0.15, 0.2) is 0 Å². The molecule has 6 nitrogen and oxygen atoms in total. The molecule has 0 amide bonds. The minimum Gasteiger partial charge on any atom is -0.461 e. The van der Waals surface area contributed by atoms with Gasteiger partial charge in [-0.3, -0.25) is 0 Å². The van der Waals surface area contributed by atoms with Crippen LogP contribution in [0.1, 0.15) is 56.8 Å². The van der Waals surface area contributed by atoms with Gasteiger partial charge in [-0.25, -0.2) is 9.48 Å². The van der Waals surface area contributed by atoms with E-state index in [-0.39, 0.29) is 23.8 Å². The normalized spacial score (nSPS) is 13.4. The number of carbonyl (C=O) groups is 1. The van der Waals surface area contributed by atoms with Crippen molar-refractivity contribution in [2.45, 2.75) is 46.1 Å². The van der Waals surface area contributed by atoms with E-state index in [0.717, 1.165) is 0 Å². The molecule has 1 rings (SSSR count). The number of esters is 1. The Hall–Kier alpha value is -1.43. The number of aliphatic hydroxyl groups is 1. The first-order valence-electron chi connectivity index (χ1n) is 6.06. The van der Waals surface area contributed by atoms with Gasteiger partial charge in [-0.2, -0.15) is 0 Å². The highest BCUT2D eigenvalue weighted by molar-refractivity contribution is 5.88. The molecule has 1 aromatic heterocycles. The number of aliphatic hydroxyl groups excluding tert-OH is 1. The number of nitrogens with zero attached hydrogens (tertiary/aromatic N) is 3. The van der Waals surface area contributed by atoms with Gasteiger partial charge in [0.05, 0.1) is 24.9 Å². The van der Waals surface area contributed by atoms with Gasteiger partial charge in [0.15, 0.2) is 5.69 Å². The summed E-state index contributed by atoms with van der Waals surface area (Å²) in [6, 6.07) is -0.227. The van der Waals surface area contributed by atoms with E-state index in [1.165, 1.54) is 0 Å². The lowest BCUT2D eigenvalue weighted by Crippen LogP contribution is -2.25. The van der Waals surface area contributed by atoms with Gasteiger partial charge in [0, 0.05) is 5.41 Å². The molecule has 0 aliphatic rings. The van der Waals surface area contributed by atoms with E-state index in [4.69, 9.17) is 4.74 Å². The summed E-state index contributed by atoms with van der Waals surface area (Å²) in [5.41, 5.74) is 0.599. The third-order valence-corrected chi connectivity index (χ3v) is 2.56. The molecule has 0 aromatic carbocycles. The summed E-state index contributed by atoms with van der Waals surface area (Å²) in [7, 11) is 0. The van der Waals surface area contributed by atoms with Gasteiger partial charge in [-0.1, -0.05) is 26.0 Å². The summed E-state index contributed by atoms with van der Waals surface area (Å²) < 4.78 is 6.56. The Morgan fingerprint density at radius 2 is 2.11 bits per heavy atom. The van der Waals surface area contributed by atoms with Crippen LogP contribution in [-0.2, 0) is 10.2 Å². The predicted octanol–water partition coefficient (Wildman–Crippen LogP) is 1.31. The summed E-state index contributed by atoms with van der Waals surface area (Å²) in [6.45, 7) is 9.70. The van der Waals surface area contributed by atoms with Crippen LogP contribution < -0.4 is 0 Å². The summed E-state index contributed by atoms with van der Waals surface area (Å²) in [5, 5.41) is 17.1. The van der Waals surface area contributed by atoms with E-state index in [1.807, 2.05) is 27.7 Å². The van der Waals surface area contributed by atoms with E-state index < -0.39 is 5.97 Å². The molecule has 0 bridgehead atoms. The highest BCUT2D eigenvalue weighted by atomic mass is 16.5. The van der Waals surface area contributed by atoms with Gasteiger partial charge in [0.25, 0.3) is 0 Å². The van der Waals surface area contributed by atoms with Crippen molar-refractivity contribution < 1.29 is 14.6 Å². The molecule has 1 unspecified atom stereocenters. The number of aromatic nitrogens is 3. The molecule has 1 heterocycles. The first-order chi connectivity index (χ1) is 8.32. The lowest BCUT2D eigenvalue weighted by atomic mass is 9.90. The van der Waals surface area contributed by atoms with E-state index in [9.17, 15) is 9.90 Å². The summed E-state index contributed by atoms with van der Waals surface area (Å²) >= 11 is 0. The van der Waals surface area contributed by atoms with Crippen molar-refractivity contribution in [2.24, 2.45) is 0 Å². The predicted molar refractivity (Wildman–Crippen MR) is 66.5 cm³/mol. The van der Waals surface area contributed by atoms with Crippen molar-refractivity contribution >= 4 is 5.97 Å². The van der Waals surface area contributed by atoms with Crippen molar-refractivity contribution in [2.75, 3.05) is 13.2 Å². The van der Waals surface area contributed by atoms with Crippen molar-refractivity contribution in [1.29, 1.82) is 0 Å². The maximum absolute atomic E-state index is 11.8. The minimum atomic E-state index is -0.473. The molecule has 1 N–H and O–H groups in total. The number of hydrogen-bond donors (Lipinski definition) is 1. The van der Waals surface area contributed by atoms with Gasteiger partial charge in [-0.05, 0) is 13.8 Å². The van der Waals surface area contributed by atoms with Crippen molar-refractivity contribution in [3.63, 3.8) is 0 Å². The fourth-order valence-corrected chi connectivity index (χ4v) is 1.72. The topological polar surface area (TPSA) is 77.2 Å². The van der Waals surface area contributed by atoms with Crippen LogP contribution in [0, 0.1) is 0 Å². The SMILES string of the molecule is CCOC(=O)c1nnn(C(C)CO)c1C(C)(C)C. The van der Waals surface area contributed by atoms with Crippen LogP contribution in [0.2, 0.25) is 0 Å². The second-order valence-corrected chi connectivity index (χ2v) is 5.23. The fourth-order valence-electron chi connectivity index (χ4n) is 1.72. The molecule has 1 atom stereocenters. The molecule has 18 heavy (non-hydrogen) atoms. The number of ether oxygens (including phenoxy) is 1. The number of carbonyl (C=O) groups excluding carboxylic acids is 1. The van der Waals surface area contributed by atoms with Gasteiger partial charge >= 0.3 is 5.97 Å². The summed E-state index contributed by atoms with van der Waals surface area (Å²) in [4.78, 5) is 11.8. The third kappa shape index (κ3) is 2.87. The Labute approximate surface area is 107 Å². The van der Waals surface area contributed by atoms with E-state index in [2.05, 4.69) is 10.3 Å². The van der Waals surface area contributed by atoms with Crippen molar-refractivity contribution in [3.8, 4) is 0 Å². The molecule has 0 spiro atoms. The summed E-state index contributed by atoms with van der Waals surface area (Å²) in [6.07, 6.45) is 0. The standard InChI is InChI=1S/C12H21N3O3/c1-6-18-11(17)9-10(12(3,4)5)15(14-13-9)8(2)7-16/h8,16H,6-7H2,1-5H3. The van der Waals surface area contributed by atoms with Crippen LogP contribution in [-0.4, -0.2) is 39.3 Å². The number of hydrogen-bond acceptors (Lipinski definition) is 5. The zero-order valence-corrected chi connectivity index (χ0v) is 11.6. The number of rotatable bonds is 4. The quantitative estimate of drug-likeness (QED) is 0.821. The van der Waals surface area contributed by atoms with Gasteiger partial charge in [-0.15, -0.1) is 5.10 Å². The Kier molecular flexibility index (Phi) is 4.45. The van der Waals surface area contributed by atoms with Crippen LogP contribution in [0.25, 0.3) is 0 Å². The van der Waals surface area contributed by atoms with E-state index >= 15 is 0 Å². The van der Waals surface area contributed by atoms with Crippen LogP contribution in [0.4, 0.5) is 0 Å². The average molecular weight is 255 g/mol. The van der Waals surface area contributed by atoms with E-state index in [1.54, 1.807) is 11.6 Å². The Morgan fingerprint density at radius 3 is 2.56 bits per heavy atom. The van der Waals surface area contributed by atoms with Gasteiger partial charge in [0.1, 0.15) is 0 Å². The van der Waals surface area contributed by atoms with Crippen LogP contribution in [0.5, 0.6) is 0 Å². The third-order valence-electron chi connectivity index (χ3n) is 2.56. The van der Waals surface area contributed by atoms with Crippen LogP contribution >= 0.6 is 0 Å². The smallest absolute Gasteiger partial charge is 0.360 e. The lowest BCUT2D eigenvalue weighted by molar-refractivity contribution is 0.0516. The zero-order chi connectivity index (χ0) is 13.9. The molecular weight excluding hydrogens is 234 g/mol. The molecular formula is C12H21N3O3. The lowest BCUT2D eigenvalue weighted by Gasteiger charge is -2.23. The first kappa shape index (κ1) is 14.6. The monoisotopic (exact) mass is 255 g/mol. The highest BCUT2D eigenvalue weighted by Crippen LogP contribution is 2.27. The van der Waals surface area contributed by atoms with Crippen molar-refractivity contribution in [3.05, 3.63) is 11.4 Å². The molecule has 102 valence electrons. The molecule has 0 radical (unpaired) electrons. The van der Waals surface area contributed by atoms with Gasteiger partial charge < -0.3 is 9.84 Å². The van der Waals surface area contributed by atoms with E-state index in [0.29, 0.717) is 12.3 Å². The maximum atomic E-state index is 11.8. The first-order valence-corrected chi connectivity index (χ1v) is 6.06. The molecule has 0 fully saturated rings. The largest absolute Gasteiger partial charge is 0.461 e. The second-order valence-electron chi connectivity index (χ2n) is 5.23. The fraction of sp³-hybridized carbons (Fsp3) is 0.750.